The Hall–Kier alpha value is -1.19. The molecule has 1 aromatic heterocycles. The SMILES string of the molecule is O=NC(Cn1ccnc1)C1CCCCC1. The second-order valence-corrected chi connectivity index (χ2v) is 4.33. The number of hydrogen-bond acceptors (Lipinski definition) is 3. The number of rotatable bonds is 4. The first kappa shape index (κ1) is 10.3. The second kappa shape index (κ2) is 5.05. The van der Waals surface area contributed by atoms with Gasteiger partial charge < -0.3 is 4.57 Å². The quantitative estimate of drug-likeness (QED) is 0.712. The first-order valence-electron chi connectivity index (χ1n) is 5.68. The minimum Gasteiger partial charge on any atom is -0.335 e. The third-order valence-corrected chi connectivity index (χ3v) is 3.29. The maximum atomic E-state index is 10.8. The lowest BCUT2D eigenvalue weighted by Gasteiger charge is -2.25. The molecule has 1 saturated carbocycles. The van der Waals surface area contributed by atoms with Crippen molar-refractivity contribution in [1.29, 1.82) is 0 Å². The van der Waals surface area contributed by atoms with Gasteiger partial charge in [0.2, 0.25) is 0 Å². The smallest absolute Gasteiger partial charge is 0.113 e. The van der Waals surface area contributed by atoms with Gasteiger partial charge in [-0.25, -0.2) is 4.98 Å². The molecule has 0 spiro atoms. The van der Waals surface area contributed by atoms with Crippen molar-refractivity contribution in [3.05, 3.63) is 23.6 Å². The molecule has 0 aromatic carbocycles. The molecule has 4 heteroatoms. The minimum atomic E-state index is -0.0699. The van der Waals surface area contributed by atoms with Crippen LogP contribution in [0.25, 0.3) is 0 Å². The van der Waals surface area contributed by atoms with Gasteiger partial charge in [-0.05, 0) is 18.8 Å². The molecule has 0 amide bonds. The molecule has 4 nitrogen and oxygen atoms in total. The predicted molar refractivity (Wildman–Crippen MR) is 58.4 cm³/mol. The monoisotopic (exact) mass is 207 g/mol. The average molecular weight is 207 g/mol. The number of aromatic nitrogens is 2. The van der Waals surface area contributed by atoms with Crippen LogP contribution in [0.1, 0.15) is 32.1 Å². The normalized spacial score (nSPS) is 20.0. The van der Waals surface area contributed by atoms with Gasteiger partial charge in [-0.15, -0.1) is 0 Å². The Bertz CT molecular complexity index is 291. The first-order valence-corrected chi connectivity index (χ1v) is 5.68. The summed E-state index contributed by atoms with van der Waals surface area (Å²) in [6, 6.07) is -0.0699. The van der Waals surface area contributed by atoms with Crippen LogP contribution in [0.15, 0.2) is 23.9 Å². The standard InChI is InChI=1S/C11H17N3O/c15-13-11(8-14-7-6-12-9-14)10-4-2-1-3-5-10/h6-7,9-11H,1-5,8H2. The molecule has 0 bridgehead atoms. The molecule has 1 fully saturated rings. The molecule has 1 heterocycles. The van der Waals surface area contributed by atoms with Crippen molar-refractivity contribution < 1.29 is 0 Å². The molecule has 1 atom stereocenters. The summed E-state index contributed by atoms with van der Waals surface area (Å²) >= 11 is 0. The van der Waals surface area contributed by atoms with Crippen molar-refractivity contribution in [1.82, 2.24) is 9.55 Å². The Kier molecular flexibility index (Phi) is 3.48. The molecule has 1 aliphatic carbocycles. The van der Waals surface area contributed by atoms with Gasteiger partial charge in [0.15, 0.2) is 0 Å². The van der Waals surface area contributed by atoms with Crippen molar-refractivity contribution in [3.63, 3.8) is 0 Å². The van der Waals surface area contributed by atoms with E-state index in [1.807, 2.05) is 10.8 Å². The molecule has 15 heavy (non-hydrogen) atoms. The van der Waals surface area contributed by atoms with E-state index in [-0.39, 0.29) is 6.04 Å². The zero-order valence-corrected chi connectivity index (χ0v) is 8.88. The van der Waals surface area contributed by atoms with Crippen LogP contribution in [0.3, 0.4) is 0 Å². The molecule has 1 aromatic rings. The zero-order valence-electron chi connectivity index (χ0n) is 8.88. The van der Waals surface area contributed by atoms with E-state index in [1.165, 1.54) is 19.3 Å². The Morgan fingerprint density at radius 2 is 2.20 bits per heavy atom. The van der Waals surface area contributed by atoms with E-state index in [1.54, 1.807) is 12.5 Å². The summed E-state index contributed by atoms with van der Waals surface area (Å²) in [5.41, 5.74) is 0. The van der Waals surface area contributed by atoms with E-state index in [0.717, 1.165) is 12.8 Å². The Morgan fingerprint density at radius 3 is 2.80 bits per heavy atom. The fraction of sp³-hybridized carbons (Fsp3) is 0.727. The summed E-state index contributed by atoms with van der Waals surface area (Å²) in [6.45, 7) is 0.689. The van der Waals surface area contributed by atoms with E-state index in [4.69, 9.17) is 0 Å². The molecule has 0 radical (unpaired) electrons. The van der Waals surface area contributed by atoms with Crippen LogP contribution in [-0.2, 0) is 6.54 Å². The highest BCUT2D eigenvalue weighted by Gasteiger charge is 2.24. The maximum absolute atomic E-state index is 10.8. The number of nitroso groups, excluding NO2 is 1. The summed E-state index contributed by atoms with van der Waals surface area (Å²) in [5, 5.41) is 3.29. The van der Waals surface area contributed by atoms with Crippen molar-refractivity contribution in [2.24, 2.45) is 11.1 Å². The fourth-order valence-corrected chi connectivity index (χ4v) is 2.40. The third kappa shape index (κ3) is 2.64. The topological polar surface area (TPSA) is 47.2 Å². The van der Waals surface area contributed by atoms with Crippen molar-refractivity contribution in [2.45, 2.75) is 44.7 Å². The molecule has 0 saturated heterocycles. The number of nitrogens with zero attached hydrogens (tertiary/aromatic N) is 3. The van der Waals surface area contributed by atoms with E-state index in [2.05, 4.69) is 10.2 Å². The molecular weight excluding hydrogens is 190 g/mol. The lowest BCUT2D eigenvalue weighted by Crippen LogP contribution is -2.25. The van der Waals surface area contributed by atoms with Gasteiger partial charge in [-0.2, -0.15) is 4.91 Å². The lowest BCUT2D eigenvalue weighted by atomic mass is 9.84. The molecule has 0 aliphatic heterocycles. The Morgan fingerprint density at radius 1 is 1.40 bits per heavy atom. The average Bonchev–Trinajstić information content (AvgIpc) is 2.80. The maximum Gasteiger partial charge on any atom is 0.113 e. The van der Waals surface area contributed by atoms with Crippen molar-refractivity contribution in [3.8, 4) is 0 Å². The second-order valence-electron chi connectivity index (χ2n) is 4.33. The molecule has 1 aliphatic rings. The van der Waals surface area contributed by atoms with Gasteiger partial charge in [0.05, 0.1) is 6.33 Å². The highest BCUT2D eigenvalue weighted by Crippen LogP contribution is 2.28. The van der Waals surface area contributed by atoms with Crippen LogP contribution >= 0.6 is 0 Å². The Labute approximate surface area is 89.7 Å². The summed E-state index contributed by atoms with van der Waals surface area (Å²) in [6.07, 6.45) is 11.5. The van der Waals surface area contributed by atoms with Crippen LogP contribution in [0.2, 0.25) is 0 Å². The molecule has 1 unspecified atom stereocenters. The van der Waals surface area contributed by atoms with E-state index >= 15 is 0 Å². The summed E-state index contributed by atoms with van der Waals surface area (Å²) in [4.78, 5) is 14.8. The van der Waals surface area contributed by atoms with Gasteiger partial charge in [-0.1, -0.05) is 24.4 Å². The summed E-state index contributed by atoms with van der Waals surface area (Å²) in [7, 11) is 0. The zero-order chi connectivity index (χ0) is 10.5. The van der Waals surface area contributed by atoms with Crippen molar-refractivity contribution >= 4 is 0 Å². The van der Waals surface area contributed by atoms with Crippen LogP contribution in [-0.4, -0.2) is 15.6 Å². The fourth-order valence-electron chi connectivity index (χ4n) is 2.40. The van der Waals surface area contributed by atoms with Crippen molar-refractivity contribution in [2.75, 3.05) is 0 Å². The first-order chi connectivity index (χ1) is 7.40. The van der Waals surface area contributed by atoms with Gasteiger partial charge in [0.1, 0.15) is 6.04 Å². The predicted octanol–water partition coefficient (Wildman–Crippen LogP) is 2.60. The van der Waals surface area contributed by atoms with E-state index in [0.29, 0.717) is 12.5 Å². The van der Waals surface area contributed by atoms with Gasteiger partial charge in [-0.3, -0.25) is 0 Å². The third-order valence-electron chi connectivity index (χ3n) is 3.29. The van der Waals surface area contributed by atoms with Crippen LogP contribution in [0.4, 0.5) is 0 Å². The van der Waals surface area contributed by atoms with Gasteiger partial charge in [0.25, 0.3) is 0 Å². The molecule has 82 valence electrons. The van der Waals surface area contributed by atoms with E-state index in [9.17, 15) is 4.91 Å². The Balaban J connectivity index is 1.94. The minimum absolute atomic E-state index is 0.0699. The number of hydrogen-bond donors (Lipinski definition) is 0. The lowest BCUT2D eigenvalue weighted by molar-refractivity contribution is 0.285. The van der Waals surface area contributed by atoms with Crippen LogP contribution < -0.4 is 0 Å². The largest absolute Gasteiger partial charge is 0.335 e. The highest BCUT2D eigenvalue weighted by atomic mass is 16.3. The summed E-state index contributed by atoms with van der Waals surface area (Å²) < 4.78 is 1.95. The number of imidazole rings is 1. The van der Waals surface area contributed by atoms with Gasteiger partial charge in [0, 0.05) is 18.9 Å². The summed E-state index contributed by atoms with van der Waals surface area (Å²) in [5.74, 6) is 0.485. The highest BCUT2D eigenvalue weighted by molar-refractivity contribution is 4.83. The molecule has 2 rings (SSSR count). The van der Waals surface area contributed by atoms with Crippen LogP contribution in [0.5, 0.6) is 0 Å². The van der Waals surface area contributed by atoms with Gasteiger partial charge >= 0.3 is 0 Å². The van der Waals surface area contributed by atoms with Crippen LogP contribution in [0, 0.1) is 10.8 Å². The van der Waals surface area contributed by atoms with E-state index < -0.39 is 0 Å². The molecule has 0 N–H and O–H groups in total. The molecular formula is C11H17N3O.